The molecular formula is C28H33N5O3S. The minimum absolute atomic E-state index is 0.0197. The minimum atomic E-state index is -0.820. The molecule has 194 valence electrons. The number of nitrogens with one attached hydrogen (secondary N) is 2. The van der Waals surface area contributed by atoms with Crippen LogP contribution >= 0.6 is 11.8 Å². The second-order valence-electron chi connectivity index (χ2n) is 9.02. The Labute approximate surface area is 222 Å². The van der Waals surface area contributed by atoms with Crippen molar-refractivity contribution >= 4 is 51.9 Å². The molecule has 0 unspecified atom stereocenters. The molecule has 0 aliphatic carbocycles. The van der Waals surface area contributed by atoms with Gasteiger partial charge < -0.3 is 10.6 Å². The first kappa shape index (κ1) is 26.6. The molecule has 2 aromatic carbocycles. The number of amides is 3. The van der Waals surface area contributed by atoms with Gasteiger partial charge in [-0.25, -0.2) is 9.89 Å². The zero-order chi connectivity index (χ0) is 26.4. The van der Waals surface area contributed by atoms with Gasteiger partial charge in [0.15, 0.2) is 5.17 Å². The molecule has 2 aliphatic heterocycles. The van der Waals surface area contributed by atoms with E-state index in [0.717, 1.165) is 30.5 Å². The number of thioether (sulfide) groups is 1. The number of aryl methyl sites for hydroxylation is 1. The molecule has 0 fully saturated rings. The summed E-state index contributed by atoms with van der Waals surface area (Å²) < 4.78 is 0. The van der Waals surface area contributed by atoms with Gasteiger partial charge in [0.2, 0.25) is 11.8 Å². The topological polar surface area (TPSA) is 103 Å². The van der Waals surface area contributed by atoms with E-state index in [-0.39, 0.29) is 24.1 Å². The molecule has 2 aromatic rings. The van der Waals surface area contributed by atoms with Crippen LogP contribution in [0.1, 0.15) is 57.6 Å². The third kappa shape index (κ3) is 6.10. The van der Waals surface area contributed by atoms with Crippen LogP contribution in [0.5, 0.6) is 0 Å². The number of amidine groups is 2. The number of aliphatic imine (C=N–C) groups is 2. The second-order valence-corrected chi connectivity index (χ2v) is 10.2. The summed E-state index contributed by atoms with van der Waals surface area (Å²) in [4.78, 5) is 49.9. The highest BCUT2D eigenvalue weighted by molar-refractivity contribution is 8.15. The van der Waals surface area contributed by atoms with E-state index >= 15 is 0 Å². The molecule has 2 aliphatic rings. The lowest BCUT2D eigenvalue weighted by molar-refractivity contribution is -0.128. The Hall–Kier alpha value is -3.46. The first-order valence-electron chi connectivity index (χ1n) is 12.9. The highest BCUT2D eigenvalue weighted by atomic mass is 32.2. The zero-order valence-corrected chi connectivity index (χ0v) is 22.3. The van der Waals surface area contributed by atoms with Gasteiger partial charge in [0.25, 0.3) is 5.91 Å². The normalized spacial score (nSPS) is 16.9. The van der Waals surface area contributed by atoms with Gasteiger partial charge in [-0.1, -0.05) is 63.2 Å². The van der Waals surface area contributed by atoms with Gasteiger partial charge in [-0.05, 0) is 49.1 Å². The monoisotopic (exact) mass is 519 g/mol. The fraction of sp³-hybridized carbons (Fsp3) is 0.393. The summed E-state index contributed by atoms with van der Waals surface area (Å²) in [6, 6.07) is 14.4. The third-order valence-corrected chi connectivity index (χ3v) is 7.64. The Morgan fingerprint density at radius 2 is 1.84 bits per heavy atom. The molecule has 2 heterocycles. The lowest BCUT2D eigenvalue weighted by atomic mass is 10.1. The number of anilines is 1. The van der Waals surface area contributed by atoms with E-state index in [1.54, 1.807) is 0 Å². The smallest absolute Gasteiger partial charge is 0.259 e. The van der Waals surface area contributed by atoms with Crippen LogP contribution < -0.4 is 10.6 Å². The second kappa shape index (κ2) is 12.2. The highest BCUT2D eigenvalue weighted by Crippen LogP contribution is 2.35. The van der Waals surface area contributed by atoms with Crippen molar-refractivity contribution in [1.29, 1.82) is 0 Å². The van der Waals surface area contributed by atoms with Gasteiger partial charge in [-0.15, -0.1) is 0 Å². The van der Waals surface area contributed by atoms with Crippen LogP contribution in [0.4, 0.5) is 11.4 Å². The summed E-state index contributed by atoms with van der Waals surface area (Å²) in [6.07, 6.45) is 3.31. The first-order chi connectivity index (χ1) is 17.9. The molecule has 3 amide bonds. The molecule has 0 saturated heterocycles. The van der Waals surface area contributed by atoms with Crippen LogP contribution in [0.25, 0.3) is 0 Å². The standard InChI is InChI=1S/C28H33N5O3S/c1-4-7-16-29-24(34)17-22-27(36)33-25(31-22)20-10-8-9-11-21(20)32-28(33)37-23(6-3)26(35)30-19-14-12-18(5-2)13-15-19/h8-15,22-23H,4-7,16-17H2,1-3H3,(H,29,34)(H,30,35)/t22-,23+/m1/s1. The maximum atomic E-state index is 13.5. The molecule has 0 radical (unpaired) electrons. The summed E-state index contributed by atoms with van der Waals surface area (Å²) in [5.74, 6) is -0.174. The SMILES string of the molecule is CCCCNC(=O)C[C@H]1N=C2c3ccccc3N=C(S[C@@H](CC)C(=O)Nc3ccc(CC)cc3)N2C1=O. The number of hydrogen-bond acceptors (Lipinski definition) is 6. The average Bonchev–Trinajstić information content (AvgIpc) is 3.23. The third-order valence-electron chi connectivity index (χ3n) is 6.32. The van der Waals surface area contributed by atoms with Crippen LogP contribution in [0, 0.1) is 0 Å². The molecule has 0 aromatic heterocycles. The molecule has 0 saturated carbocycles. The van der Waals surface area contributed by atoms with Crippen molar-refractivity contribution in [2.75, 3.05) is 11.9 Å². The molecule has 0 spiro atoms. The number of unbranched alkanes of at least 4 members (excludes halogenated alkanes) is 1. The van der Waals surface area contributed by atoms with Gasteiger partial charge in [-0.2, -0.15) is 0 Å². The fourth-order valence-electron chi connectivity index (χ4n) is 4.16. The predicted octanol–water partition coefficient (Wildman–Crippen LogP) is 4.66. The van der Waals surface area contributed by atoms with E-state index < -0.39 is 11.3 Å². The molecule has 37 heavy (non-hydrogen) atoms. The van der Waals surface area contributed by atoms with Crippen LogP contribution in [0.2, 0.25) is 0 Å². The van der Waals surface area contributed by atoms with Gasteiger partial charge in [0, 0.05) is 17.8 Å². The number of carbonyl (C=O) groups excluding carboxylic acids is 3. The largest absolute Gasteiger partial charge is 0.356 e. The Morgan fingerprint density at radius 3 is 2.54 bits per heavy atom. The Balaban J connectivity index is 1.54. The van der Waals surface area contributed by atoms with Crippen molar-refractivity contribution in [2.45, 2.75) is 64.2 Å². The minimum Gasteiger partial charge on any atom is -0.356 e. The number of fused-ring (bicyclic) bond motifs is 3. The molecule has 8 nitrogen and oxygen atoms in total. The van der Waals surface area contributed by atoms with E-state index in [1.807, 2.05) is 55.5 Å². The summed E-state index contributed by atoms with van der Waals surface area (Å²) >= 11 is 1.24. The van der Waals surface area contributed by atoms with E-state index in [1.165, 1.54) is 22.2 Å². The Kier molecular flexibility index (Phi) is 8.76. The van der Waals surface area contributed by atoms with Gasteiger partial charge in [0.05, 0.1) is 17.4 Å². The van der Waals surface area contributed by atoms with Crippen LogP contribution in [-0.4, -0.2) is 51.5 Å². The van der Waals surface area contributed by atoms with E-state index in [2.05, 4.69) is 29.5 Å². The molecular weight excluding hydrogens is 486 g/mol. The summed E-state index contributed by atoms with van der Waals surface area (Å²) in [7, 11) is 0. The number of rotatable bonds is 10. The van der Waals surface area contributed by atoms with Crippen molar-refractivity contribution < 1.29 is 14.4 Å². The van der Waals surface area contributed by atoms with E-state index in [9.17, 15) is 14.4 Å². The molecule has 2 N–H and O–H groups in total. The average molecular weight is 520 g/mol. The van der Waals surface area contributed by atoms with Crippen LogP contribution in [0.3, 0.4) is 0 Å². The molecule has 9 heteroatoms. The highest BCUT2D eigenvalue weighted by Gasteiger charge is 2.43. The van der Waals surface area contributed by atoms with Crippen molar-refractivity contribution in [2.24, 2.45) is 9.98 Å². The van der Waals surface area contributed by atoms with E-state index in [4.69, 9.17) is 4.99 Å². The summed E-state index contributed by atoms with van der Waals surface area (Å²) in [5, 5.41) is 5.77. The summed E-state index contributed by atoms with van der Waals surface area (Å²) in [6.45, 7) is 6.65. The number of nitrogens with zero attached hydrogens (tertiary/aromatic N) is 3. The van der Waals surface area contributed by atoms with Crippen LogP contribution in [0.15, 0.2) is 58.5 Å². The van der Waals surface area contributed by atoms with Crippen molar-refractivity contribution in [3.63, 3.8) is 0 Å². The molecule has 0 bridgehead atoms. The maximum Gasteiger partial charge on any atom is 0.259 e. The summed E-state index contributed by atoms with van der Waals surface area (Å²) in [5.41, 5.74) is 3.35. The lowest BCUT2D eigenvalue weighted by Crippen LogP contribution is -2.43. The van der Waals surface area contributed by atoms with Gasteiger partial charge >= 0.3 is 0 Å². The number of para-hydroxylation sites is 1. The van der Waals surface area contributed by atoms with Crippen molar-refractivity contribution in [3.05, 3.63) is 59.7 Å². The first-order valence-corrected chi connectivity index (χ1v) is 13.8. The van der Waals surface area contributed by atoms with Crippen molar-refractivity contribution in [1.82, 2.24) is 10.2 Å². The Bertz CT molecular complexity index is 1220. The van der Waals surface area contributed by atoms with Gasteiger partial charge in [-0.3, -0.25) is 19.4 Å². The number of hydrogen-bond donors (Lipinski definition) is 2. The fourth-order valence-corrected chi connectivity index (χ4v) is 5.18. The van der Waals surface area contributed by atoms with Crippen LogP contribution in [-0.2, 0) is 20.8 Å². The quantitative estimate of drug-likeness (QED) is 0.446. The number of benzene rings is 2. The van der Waals surface area contributed by atoms with E-state index in [0.29, 0.717) is 29.7 Å². The Morgan fingerprint density at radius 1 is 1.08 bits per heavy atom. The van der Waals surface area contributed by atoms with Crippen molar-refractivity contribution in [3.8, 4) is 0 Å². The van der Waals surface area contributed by atoms with Gasteiger partial charge in [0.1, 0.15) is 11.9 Å². The molecule has 2 atom stereocenters. The number of carbonyl (C=O) groups is 3. The molecule has 4 rings (SSSR count). The predicted molar refractivity (Wildman–Crippen MR) is 149 cm³/mol. The lowest BCUT2D eigenvalue weighted by Gasteiger charge is -2.27. The zero-order valence-electron chi connectivity index (χ0n) is 21.5. The maximum absolute atomic E-state index is 13.5.